The van der Waals surface area contributed by atoms with Crippen molar-refractivity contribution >= 4 is 34.6 Å². The van der Waals surface area contributed by atoms with Crippen LogP contribution >= 0.6 is 12.2 Å². The molecule has 1 amide bonds. The van der Waals surface area contributed by atoms with Crippen molar-refractivity contribution in [3.63, 3.8) is 0 Å². The fraction of sp³-hybridized carbons (Fsp3) is 0.429. The lowest BCUT2D eigenvalue weighted by molar-refractivity contribution is -0.384. The molecular formula is C14H19N3O4S. The van der Waals surface area contributed by atoms with Crippen molar-refractivity contribution in [2.24, 2.45) is 0 Å². The SMILES string of the molecule is CCCCCC(=O)NC(=S)Nc1ccc(OC)cc1[N+](=O)[O-]. The molecule has 0 saturated heterocycles. The van der Waals surface area contributed by atoms with Gasteiger partial charge in [0.25, 0.3) is 5.69 Å². The number of nitro groups is 1. The summed E-state index contributed by atoms with van der Waals surface area (Å²) in [5.74, 6) is 0.161. The lowest BCUT2D eigenvalue weighted by Gasteiger charge is -2.10. The lowest BCUT2D eigenvalue weighted by Crippen LogP contribution is -2.34. The monoisotopic (exact) mass is 325 g/mol. The van der Waals surface area contributed by atoms with E-state index < -0.39 is 4.92 Å². The van der Waals surface area contributed by atoms with E-state index in [9.17, 15) is 14.9 Å². The van der Waals surface area contributed by atoms with E-state index in [1.54, 1.807) is 6.07 Å². The molecule has 0 aliphatic carbocycles. The van der Waals surface area contributed by atoms with Crippen molar-refractivity contribution in [2.45, 2.75) is 32.6 Å². The van der Waals surface area contributed by atoms with Gasteiger partial charge < -0.3 is 15.4 Å². The predicted molar refractivity (Wildman–Crippen MR) is 88.2 cm³/mol. The minimum absolute atomic E-state index is 0.0368. The molecule has 0 radical (unpaired) electrons. The molecule has 22 heavy (non-hydrogen) atoms. The van der Waals surface area contributed by atoms with E-state index in [-0.39, 0.29) is 22.4 Å². The molecule has 0 fully saturated rings. The number of hydrogen-bond donors (Lipinski definition) is 2. The number of amides is 1. The van der Waals surface area contributed by atoms with Gasteiger partial charge in [-0.15, -0.1) is 0 Å². The van der Waals surface area contributed by atoms with Crippen LogP contribution in [-0.4, -0.2) is 23.1 Å². The fourth-order valence-corrected chi connectivity index (χ4v) is 2.00. The summed E-state index contributed by atoms with van der Waals surface area (Å²) in [5, 5.41) is 16.3. The summed E-state index contributed by atoms with van der Waals surface area (Å²) in [6.07, 6.45) is 3.15. The zero-order valence-electron chi connectivity index (χ0n) is 12.5. The smallest absolute Gasteiger partial charge is 0.296 e. The number of methoxy groups -OCH3 is 1. The van der Waals surface area contributed by atoms with Crippen molar-refractivity contribution in [1.29, 1.82) is 0 Å². The average Bonchev–Trinajstić information content (AvgIpc) is 2.47. The standard InChI is InChI=1S/C14H19N3O4S/c1-3-4-5-6-13(18)16-14(22)15-11-8-7-10(21-2)9-12(11)17(19)20/h7-9H,3-6H2,1-2H3,(H2,15,16,18,22). The Bertz CT molecular complexity index is 563. The van der Waals surface area contributed by atoms with Crippen molar-refractivity contribution < 1.29 is 14.5 Å². The fourth-order valence-electron chi connectivity index (χ4n) is 1.77. The minimum Gasteiger partial charge on any atom is -0.496 e. The predicted octanol–water partition coefficient (Wildman–Crippen LogP) is 3.00. The molecule has 0 spiro atoms. The molecular weight excluding hydrogens is 306 g/mol. The quantitative estimate of drug-likeness (QED) is 0.346. The number of rotatable bonds is 7. The molecule has 8 heteroatoms. The summed E-state index contributed by atoms with van der Waals surface area (Å²) >= 11 is 5.00. The van der Waals surface area contributed by atoms with Gasteiger partial charge in [0.05, 0.1) is 18.1 Å². The minimum atomic E-state index is -0.545. The van der Waals surface area contributed by atoms with Gasteiger partial charge in [-0.2, -0.15) is 0 Å². The van der Waals surface area contributed by atoms with Crippen LogP contribution in [0.2, 0.25) is 0 Å². The number of nitro benzene ring substituents is 1. The molecule has 0 aromatic heterocycles. The number of nitrogens with one attached hydrogen (secondary N) is 2. The Hall–Kier alpha value is -2.22. The van der Waals surface area contributed by atoms with E-state index in [1.165, 1.54) is 19.2 Å². The van der Waals surface area contributed by atoms with Gasteiger partial charge in [-0.3, -0.25) is 14.9 Å². The molecule has 0 aliphatic rings. The second kappa shape index (κ2) is 8.93. The van der Waals surface area contributed by atoms with E-state index in [2.05, 4.69) is 10.6 Å². The normalized spacial score (nSPS) is 9.91. The molecule has 0 heterocycles. The van der Waals surface area contributed by atoms with Crippen molar-refractivity contribution in [1.82, 2.24) is 5.32 Å². The van der Waals surface area contributed by atoms with E-state index in [0.717, 1.165) is 19.3 Å². The Morgan fingerprint density at radius 1 is 1.41 bits per heavy atom. The van der Waals surface area contributed by atoms with Crippen LogP contribution in [0.5, 0.6) is 5.75 Å². The van der Waals surface area contributed by atoms with Crippen LogP contribution in [0.15, 0.2) is 18.2 Å². The van der Waals surface area contributed by atoms with Gasteiger partial charge in [-0.25, -0.2) is 0 Å². The van der Waals surface area contributed by atoms with Crippen LogP contribution in [0, 0.1) is 10.1 Å². The van der Waals surface area contributed by atoms with Gasteiger partial charge in [-0.1, -0.05) is 19.8 Å². The molecule has 0 atom stereocenters. The zero-order chi connectivity index (χ0) is 16.5. The Labute approximate surface area is 134 Å². The second-order valence-corrected chi connectivity index (χ2v) is 5.01. The summed E-state index contributed by atoms with van der Waals surface area (Å²) in [5.41, 5.74) is 0.0200. The van der Waals surface area contributed by atoms with Crippen LogP contribution in [0.1, 0.15) is 32.6 Å². The number of carbonyl (C=O) groups is 1. The first-order valence-electron chi connectivity index (χ1n) is 6.91. The van der Waals surface area contributed by atoms with Crippen LogP contribution < -0.4 is 15.4 Å². The third kappa shape index (κ3) is 5.65. The number of nitrogens with zero attached hydrogens (tertiary/aromatic N) is 1. The molecule has 1 aromatic carbocycles. The second-order valence-electron chi connectivity index (χ2n) is 4.60. The van der Waals surface area contributed by atoms with Crippen LogP contribution in [-0.2, 0) is 4.79 Å². The van der Waals surface area contributed by atoms with Gasteiger partial charge in [0.2, 0.25) is 5.91 Å². The van der Waals surface area contributed by atoms with Gasteiger partial charge in [0, 0.05) is 6.42 Å². The molecule has 7 nitrogen and oxygen atoms in total. The zero-order valence-corrected chi connectivity index (χ0v) is 13.4. The Balaban J connectivity index is 2.68. The summed E-state index contributed by atoms with van der Waals surface area (Å²) in [7, 11) is 1.42. The third-order valence-electron chi connectivity index (χ3n) is 2.91. The van der Waals surface area contributed by atoms with Crippen LogP contribution in [0.3, 0.4) is 0 Å². The van der Waals surface area contributed by atoms with Crippen LogP contribution in [0.4, 0.5) is 11.4 Å². The highest BCUT2D eigenvalue weighted by Gasteiger charge is 2.16. The number of carbonyl (C=O) groups excluding carboxylic acids is 1. The molecule has 120 valence electrons. The Morgan fingerprint density at radius 2 is 2.14 bits per heavy atom. The van der Waals surface area contributed by atoms with Crippen molar-refractivity contribution in [3.05, 3.63) is 28.3 Å². The third-order valence-corrected chi connectivity index (χ3v) is 3.11. The highest BCUT2D eigenvalue weighted by molar-refractivity contribution is 7.80. The largest absolute Gasteiger partial charge is 0.496 e. The Kier molecular flexibility index (Phi) is 7.24. The first-order valence-corrected chi connectivity index (χ1v) is 7.32. The Morgan fingerprint density at radius 3 is 2.73 bits per heavy atom. The number of hydrogen-bond acceptors (Lipinski definition) is 5. The van der Waals surface area contributed by atoms with Gasteiger partial charge in [0.15, 0.2) is 5.11 Å². The van der Waals surface area contributed by atoms with Gasteiger partial charge in [0.1, 0.15) is 11.4 Å². The van der Waals surface area contributed by atoms with Crippen LogP contribution in [0.25, 0.3) is 0 Å². The topological polar surface area (TPSA) is 93.5 Å². The number of thiocarbonyl (C=S) groups is 1. The number of unbranched alkanes of at least 4 members (excludes halogenated alkanes) is 2. The number of ether oxygens (including phenoxy) is 1. The van der Waals surface area contributed by atoms with Gasteiger partial charge >= 0.3 is 0 Å². The maximum absolute atomic E-state index is 11.6. The maximum atomic E-state index is 11.6. The first kappa shape index (κ1) is 17.8. The molecule has 1 aromatic rings. The first-order chi connectivity index (χ1) is 10.5. The summed E-state index contributed by atoms with van der Waals surface area (Å²) < 4.78 is 4.95. The van der Waals surface area contributed by atoms with E-state index in [1.807, 2.05) is 6.92 Å². The number of benzene rings is 1. The lowest BCUT2D eigenvalue weighted by atomic mass is 10.2. The molecule has 1 rings (SSSR count). The van der Waals surface area contributed by atoms with Crippen molar-refractivity contribution in [2.75, 3.05) is 12.4 Å². The highest BCUT2D eigenvalue weighted by atomic mass is 32.1. The number of anilines is 1. The van der Waals surface area contributed by atoms with Crippen molar-refractivity contribution in [3.8, 4) is 5.75 Å². The van der Waals surface area contributed by atoms with E-state index in [4.69, 9.17) is 17.0 Å². The molecule has 0 aliphatic heterocycles. The highest BCUT2D eigenvalue weighted by Crippen LogP contribution is 2.28. The summed E-state index contributed by atoms with van der Waals surface area (Å²) in [6.45, 7) is 2.05. The maximum Gasteiger partial charge on any atom is 0.296 e. The molecule has 2 N–H and O–H groups in total. The van der Waals surface area contributed by atoms with E-state index in [0.29, 0.717) is 12.2 Å². The molecule has 0 unspecified atom stereocenters. The summed E-state index contributed by atoms with van der Waals surface area (Å²) in [4.78, 5) is 22.1. The molecule has 0 saturated carbocycles. The summed E-state index contributed by atoms with van der Waals surface area (Å²) in [6, 6.07) is 4.33. The van der Waals surface area contributed by atoms with Gasteiger partial charge in [-0.05, 0) is 30.8 Å². The van der Waals surface area contributed by atoms with E-state index >= 15 is 0 Å². The molecule has 0 bridgehead atoms. The average molecular weight is 325 g/mol.